The lowest BCUT2D eigenvalue weighted by Gasteiger charge is -2.22. The van der Waals surface area contributed by atoms with Gasteiger partial charge in [-0.1, -0.05) is 13.0 Å². The SMILES string of the molecule is CCC(OC)C(N)c1c(F)cccc1F. The van der Waals surface area contributed by atoms with E-state index in [0.717, 1.165) is 0 Å². The zero-order valence-corrected chi connectivity index (χ0v) is 8.84. The lowest BCUT2D eigenvalue weighted by atomic mass is 9.99. The molecule has 0 amide bonds. The molecule has 0 fully saturated rings. The Hall–Kier alpha value is -1.00. The van der Waals surface area contributed by atoms with E-state index in [2.05, 4.69) is 0 Å². The van der Waals surface area contributed by atoms with Crippen LogP contribution in [0.5, 0.6) is 0 Å². The summed E-state index contributed by atoms with van der Waals surface area (Å²) in [6, 6.07) is 2.93. The molecule has 0 aliphatic carbocycles. The molecule has 0 radical (unpaired) electrons. The molecule has 4 heteroatoms. The highest BCUT2D eigenvalue weighted by atomic mass is 19.1. The third-order valence-corrected chi connectivity index (χ3v) is 2.44. The summed E-state index contributed by atoms with van der Waals surface area (Å²) >= 11 is 0. The second-order valence-electron chi connectivity index (χ2n) is 3.34. The molecule has 2 nitrogen and oxygen atoms in total. The van der Waals surface area contributed by atoms with Crippen LogP contribution < -0.4 is 5.73 Å². The maximum Gasteiger partial charge on any atom is 0.131 e. The summed E-state index contributed by atoms with van der Waals surface area (Å²) in [4.78, 5) is 0. The molecule has 1 aromatic carbocycles. The monoisotopic (exact) mass is 215 g/mol. The van der Waals surface area contributed by atoms with Gasteiger partial charge in [0.25, 0.3) is 0 Å². The summed E-state index contributed by atoms with van der Waals surface area (Å²) in [5.41, 5.74) is 5.65. The first-order valence-corrected chi connectivity index (χ1v) is 4.84. The molecular formula is C11H15F2NO. The summed E-state index contributed by atoms with van der Waals surface area (Å²) in [6.07, 6.45) is 0.224. The fourth-order valence-electron chi connectivity index (χ4n) is 1.58. The second-order valence-corrected chi connectivity index (χ2v) is 3.34. The predicted octanol–water partition coefficient (Wildman–Crippen LogP) is 2.39. The van der Waals surface area contributed by atoms with Crippen molar-refractivity contribution in [1.82, 2.24) is 0 Å². The summed E-state index contributed by atoms with van der Waals surface area (Å²) < 4.78 is 31.8. The Morgan fingerprint density at radius 1 is 1.33 bits per heavy atom. The van der Waals surface area contributed by atoms with Crippen molar-refractivity contribution in [2.75, 3.05) is 7.11 Å². The molecule has 0 aliphatic rings. The first-order chi connectivity index (χ1) is 7.11. The van der Waals surface area contributed by atoms with Crippen molar-refractivity contribution in [3.63, 3.8) is 0 Å². The summed E-state index contributed by atoms with van der Waals surface area (Å²) in [7, 11) is 1.48. The van der Waals surface area contributed by atoms with E-state index in [-0.39, 0.29) is 11.7 Å². The van der Waals surface area contributed by atoms with Gasteiger partial charge in [-0.25, -0.2) is 8.78 Å². The van der Waals surface area contributed by atoms with E-state index < -0.39 is 17.7 Å². The Labute approximate surface area is 88.0 Å². The van der Waals surface area contributed by atoms with E-state index in [0.29, 0.717) is 6.42 Å². The molecule has 1 aromatic rings. The van der Waals surface area contributed by atoms with Gasteiger partial charge >= 0.3 is 0 Å². The van der Waals surface area contributed by atoms with Crippen LogP contribution in [-0.4, -0.2) is 13.2 Å². The lowest BCUT2D eigenvalue weighted by molar-refractivity contribution is 0.0750. The van der Waals surface area contributed by atoms with E-state index in [9.17, 15) is 8.78 Å². The zero-order valence-electron chi connectivity index (χ0n) is 8.84. The fourth-order valence-corrected chi connectivity index (χ4v) is 1.58. The van der Waals surface area contributed by atoms with Crippen LogP contribution in [0.4, 0.5) is 8.78 Å². The van der Waals surface area contributed by atoms with Crippen LogP contribution in [0.1, 0.15) is 24.9 Å². The van der Waals surface area contributed by atoms with Crippen molar-refractivity contribution in [3.8, 4) is 0 Å². The van der Waals surface area contributed by atoms with Crippen molar-refractivity contribution in [2.24, 2.45) is 5.73 Å². The molecule has 0 saturated carbocycles. The van der Waals surface area contributed by atoms with Gasteiger partial charge in [-0.3, -0.25) is 0 Å². The van der Waals surface area contributed by atoms with Gasteiger partial charge in [0.1, 0.15) is 11.6 Å². The van der Waals surface area contributed by atoms with Gasteiger partial charge in [-0.2, -0.15) is 0 Å². The third-order valence-electron chi connectivity index (χ3n) is 2.44. The standard InChI is InChI=1S/C11H15F2NO/c1-3-9(15-2)11(14)10-7(12)5-4-6-8(10)13/h4-6,9,11H,3,14H2,1-2H3. The van der Waals surface area contributed by atoms with Gasteiger partial charge in [0, 0.05) is 12.7 Å². The number of methoxy groups -OCH3 is 1. The number of nitrogens with two attached hydrogens (primary N) is 1. The first kappa shape index (κ1) is 12.1. The van der Waals surface area contributed by atoms with Crippen LogP contribution in [0.15, 0.2) is 18.2 Å². The minimum Gasteiger partial charge on any atom is -0.379 e. The predicted molar refractivity (Wildman–Crippen MR) is 54.4 cm³/mol. The molecule has 1 rings (SSSR count). The molecular weight excluding hydrogens is 200 g/mol. The van der Waals surface area contributed by atoms with E-state index in [1.807, 2.05) is 6.92 Å². The molecule has 0 heterocycles. The molecule has 2 unspecified atom stereocenters. The van der Waals surface area contributed by atoms with Crippen molar-refractivity contribution >= 4 is 0 Å². The number of rotatable bonds is 4. The molecule has 15 heavy (non-hydrogen) atoms. The Bertz CT molecular complexity index is 306. The summed E-state index contributed by atoms with van der Waals surface area (Å²) in [5.74, 6) is -1.25. The molecule has 2 atom stereocenters. The van der Waals surface area contributed by atoms with E-state index in [4.69, 9.17) is 10.5 Å². The van der Waals surface area contributed by atoms with Crippen LogP contribution in [0.2, 0.25) is 0 Å². The van der Waals surface area contributed by atoms with Crippen LogP contribution in [0.25, 0.3) is 0 Å². The number of hydrogen-bond acceptors (Lipinski definition) is 2. The van der Waals surface area contributed by atoms with Gasteiger partial charge in [0.2, 0.25) is 0 Å². The normalized spacial score (nSPS) is 15.0. The van der Waals surface area contributed by atoms with Crippen LogP contribution >= 0.6 is 0 Å². The van der Waals surface area contributed by atoms with Crippen LogP contribution in [0.3, 0.4) is 0 Å². The highest BCUT2D eigenvalue weighted by Gasteiger charge is 2.23. The first-order valence-electron chi connectivity index (χ1n) is 4.84. The van der Waals surface area contributed by atoms with Gasteiger partial charge in [-0.05, 0) is 18.6 Å². The van der Waals surface area contributed by atoms with E-state index in [1.54, 1.807) is 0 Å². The molecule has 0 bridgehead atoms. The average molecular weight is 215 g/mol. The van der Waals surface area contributed by atoms with Crippen LogP contribution in [-0.2, 0) is 4.74 Å². The van der Waals surface area contributed by atoms with Crippen molar-refractivity contribution in [1.29, 1.82) is 0 Å². The topological polar surface area (TPSA) is 35.2 Å². The lowest BCUT2D eigenvalue weighted by Crippen LogP contribution is -2.29. The summed E-state index contributed by atoms with van der Waals surface area (Å²) in [5, 5.41) is 0. The highest BCUT2D eigenvalue weighted by molar-refractivity contribution is 5.24. The van der Waals surface area contributed by atoms with Crippen molar-refractivity contribution in [2.45, 2.75) is 25.5 Å². The number of halogens is 2. The van der Waals surface area contributed by atoms with Crippen molar-refractivity contribution < 1.29 is 13.5 Å². The van der Waals surface area contributed by atoms with Gasteiger partial charge in [-0.15, -0.1) is 0 Å². The number of hydrogen-bond donors (Lipinski definition) is 1. The van der Waals surface area contributed by atoms with Crippen LogP contribution in [0, 0.1) is 11.6 Å². The van der Waals surface area contributed by atoms with Crippen molar-refractivity contribution in [3.05, 3.63) is 35.4 Å². The minimum atomic E-state index is -0.777. The number of ether oxygens (including phenoxy) is 1. The largest absolute Gasteiger partial charge is 0.379 e. The quantitative estimate of drug-likeness (QED) is 0.837. The minimum absolute atomic E-state index is 0.105. The Balaban J connectivity index is 3.04. The van der Waals surface area contributed by atoms with Gasteiger partial charge in [0.05, 0.1) is 12.1 Å². The zero-order chi connectivity index (χ0) is 11.4. The van der Waals surface area contributed by atoms with Gasteiger partial charge < -0.3 is 10.5 Å². The molecule has 0 aromatic heterocycles. The Kier molecular flexibility index (Phi) is 4.17. The molecule has 0 saturated heterocycles. The average Bonchev–Trinajstić information content (AvgIpc) is 2.19. The Morgan fingerprint density at radius 2 is 1.87 bits per heavy atom. The molecule has 0 spiro atoms. The fraction of sp³-hybridized carbons (Fsp3) is 0.455. The summed E-state index contributed by atoms with van der Waals surface area (Å²) in [6.45, 7) is 1.85. The second kappa shape index (κ2) is 5.19. The molecule has 2 N–H and O–H groups in total. The highest BCUT2D eigenvalue weighted by Crippen LogP contribution is 2.24. The third kappa shape index (κ3) is 2.52. The van der Waals surface area contributed by atoms with E-state index >= 15 is 0 Å². The Morgan fingerprint density at radius 3 is 2.27 bits per heavy atom. The molecule has 84 valence electrons. The van der Waals surface area contributed by atoms with E-state index in [1.165, 1.54) is 25.3 Å². The molecule has 0 aliphatic heterocycles. The van der Waals surface area contributed by atoms with Gasteiger partial charge in [0.15, 0.2) is 0 Å². The number of benzene rings is 1. The maximum atomic E-state index is 13.4. The maximum absolute atomic E-state index is 13.4. The smallest absolute Gasteiger partial charge is 0.131 e.